The maximum Gasteiger partial charge on any atom is 0.330 e. The molecule has 1 heterocycles. The highest BCUT2D eigenvalue weighted by molar-refractivity contribution is 6.19. The van der Waals surface area contributed by atoms with Crippen molar-refractivity contribution in [1.82, 2.24) is 15.5 Å². The van der Waals surface area contributed by atoms with Crippen LogP contribution in [0.25, 0.3) is 0 Å². The second kappa shape index (κ2) is 5.60. The molecule has 0 aromatic rings. The summed E-state index contributed by atoms with van der Waals surface area (Å²) in [5.41, 5.74) is -1.09. The molecule has 1 saturated heterocycles. The monoisotopic (exact) mass is 281 g/mol. The zero-order valence-corrected chi connectivity index (χ0v) is 11.5. The van der Waals surface area contributed by atoms with Crippen LogP contribution in [0, 0.1) is 5.41 Å². The van der Waals surface area contributed by atoms with E-state index in [0.717, 1.165) is 17.7 Å². The summed E-state index contributed by atoms with van der Waals surface area (Å²) < 4.78 is 0. The minimum atomic E-state index is -1.09. The van der Waals surface area contributed by atoms with Gasteiger partial charge in [-0.15, -0.1) is 0 Å². The van der Waals surface area contributed by atoms with Gasteiger partial charge in [-0.3, -0.25) is 24.6 Å². The quantitative estimate of drug-likeness (QED) is 0.717. The van der Waals surface area contributed by atoms with E-state index in [2.05, 4.69) is 10.6 Å². The van der Waals surface area contributed by atoms with Gasteiger partial charge >= 0.3 is 6.03 Å². The smallest absolute Gasteiger partial charge is 0.330 e. The molecule has 0 aromatic carbocycles. The van der Waals surface area contributed by atoms with Crippen molar-refractivity contribution in [2.75, 3.05) is 13.1 Å². The van der Waals surface area contributed by atoms with Crippen LogP contribution < -0.4 is 10.6 Å². The molecule has 7 nitrogen and oxygen atoms in total. The Labute approximate surface area is 117 Å². The third-order valence-electron chi connectivity index (χ3n) is 3.95. The topological polar surface area (TPSA) is 95.6 Å². The highest BCUT2D eigenvalue weighted by atomic mass is 16.2. The van der Waals surface area contributed by atoms with Gasteiger partial charge in [0.1, 0.15) is 5.41 Å². The number of imide groups is 2. The van der Waals surface area contributed by atoms with Gasteiger partial charge in [-0.2, -0.15) is 0 Å². The molecule has 2 aliphatic rings. The summed E-state index contributed by atoms with van der Waals surface area (Å²) in [5.74, 6) is -1.15. The number of carbonyl (C=O) groups excluding carboxylic acids is 4. The Morgan fingerprint density at radius 1 is 1.30 bits per heavy atom. The van der Waals surface area contributed by atoms with Gasteiger partial charge in [-0.25, -0.2) is 4.79 Å². The Hall–Kier alpha value is -1.92. The molecule has 0 atom stereocenters. The highest BCUT2D eigenvalue weighted by Crippen LogP contribution is 2.41. The zero-order valence-electron chi connectivity index (χ0n) is 11.5. The lowest BCUT2D eigenvalue weighted by atomic mass is 9.82. The van der Waals surface area contributed by atoms with Gasteiger partial charge < -0.3 is 5.32 Å². The molecule has 0 bridgehead atoms. The minimum Gasteiger partial charge on any atom is -0.356 e. The third kappa shape index (κ3) is 2.39. The average molecular weight is 281 g/mol. The maximum atomic E-state index is 12.5. The number of carbonyl (C=O) groups is 4. The summed E-state index contributed by atoms with van der Waals surface area (Å²) in [7, 11) is 0. The van der Waals surface area contributed by atoms with E-state index in [4.69, 9.17) is 0 Å². The van der Waals surface area contributed by atoms with Crippen LogP contribution in [0.3, 0.4) is 0 Å². The van der Waals surface area contributed by atoms with Crippen molar-refractivity contribution >= 4 is 23.8 Å². The lowest BCUT2D eigenvalue weighted by Gasteiger charge is -2.36. The molecule has 5 amide bonds. The lowest BCUT2D eigenvalue weighted by Crippen LogP contribution is -2.63. The van der Waals surface area contributed by atoms with Gasteiger partial charge in [0.25, 0.3) is 0 Å². The number of hydrogen-bond acceptors (Lipinski definition) is 4. The first-order chi connectivity index (χ1) is 9.51. The lowest BCUT2D eigenvalue weighted by molar-refractivity contribution is -0.151. The Bertz CT molecular complexity index is 455. The molecular weight excluding hydrogens is 262 g/mol. The van der Waals surface area contributed by atoms with Crippen LogP contribution in [-0.2, 0) is 14.4 Å². The minimum absolute atomic E-state index is 0.00549. The molecule has 1 spiro atoms. The number of urea groups is 1. The second-order valence-corrected chi connectivity index (χ2v) is 5.21. The number of barbiturate groups is 1. The molecule has 2 N–H and O–H groups in total. The predicted molar refractivity (Wildman–Crippen MR) is 69.5 cm³/mol. The first-order valence-corrected chi connectivity index (χ1v) is 6.95. The van der Waals surface area contributed by atoms with E-state index in [1.807, 2.05) is 0 Å². The Kier molecular flexibility index (Phi) is 4.06. The fraction of sp³-hybridized carbons (Fsp3) is 0.692. The van der Waals surface area contributed by atoms with E-state index in [1.54, 1.807) is 6.92 Å². The number of amides is 5. The molecule has 20 heavy (non-hydrogen) atoms. The number of rotatable bonds is 4. The Balaban J connectivity index is 2.08. The van der Waals surface area contributed by atoms with Crippen molar-refractivity contribution in [3.63, 3.8) is 0 Å². The van der Waals surface area contributed by atoms with Crippen LogP contribution in [-0.4, -0.2) is 41.7 Å². The van der Waals surface area contributed by atoms with Crippen molar-refractivity contribution in [3.8, 4) is 0 Å². The van der Waals surface area contributed by atoms with E-state index in [-0.39, 0.29) is 18.9 Å². The molecule has 2 rings (SSSR count). The van der Waals surface area contributed by atoms with Gasteiger partial charge in [-0.1, -0.05) is 12.8 Å². The van der Waals surface area contributed by atoms with Crippen molar-refractivity contribution in [3.05, 3.63) is 0 Å². The molecule has 0 unspecified atom stereocenters. The van der Waals surface area contributed by atoms with E-state index in [1.165, 1.54) is 0 Å². The van der Waals surface area contributed by atoms with Crippen molar-refractivity contribution in [2.45, 2.75) is 39.0 Å². The summed E-state index contributed by atoms with van der Waals surface area (Å²) in [5, 5.41) is 4.85. The Morgan fingerprint density at radius 2 is 1.95 bits per heavy atom. The molecule has 2 fully saturated rings. The van der Waals surface area contributed by atoms with Gasteiger partial charge in [0.2, 0.25) is 17.7 Å². The predicted octanol–water partition coefficient (Wildman–Crippen LogP) is 0.151. The van der Waals surface area contributed by atoms with Crippen LogP contribution in [0.2, 0.25) is 0 Å². The third-order valence-corrected chi connectivity index (χ3v) is 3.95. The van der Waals surface area contributed by atoms with Crippen molar-refractivity contribution < 1.29 is 19.2 Å². The van der Waals surface area contributed by atoms with E-state index in [9.17, 15) is 19.2 Å². The zero-order chi connectivity index (χ0) is 14.8. The molecule has 1 aliphatic heterocycles. The number of hydrogen-bond donors (Lipinski definition) is 2. The van der Waals surface area contributed by atoms with E-state index < -0.39 is 23.3 Å². The van der Waals surface area contributed by atoms with Gasteiger partial charge in [0.05, 0.1) is 0 Å². The Morgan fingerprint density at radius 3 is 2.55 bits per heavy atom. The van der Waals surface area contributed by atoms with E-state index >= 15 is 0 Å². The summed E-state index contributed by atoms with van der Waals surface area (Å²) >= 11 is 0. The number of nitrogens with one attached hydrogen (secondary N) is 2. The van der Waals surface area contributed by atoms with Crippen LogP contribution in [0.5, 0.6) is 0 Å². The SMILES string of the molecule is CCNC(=O)CCN1C(=O)NC(=O)C2(CCCC2)C1=O. The molecule has 1 saturated carbocycles. The normalized spacial score (nSPS) is 21.2. The van der Waals surface area contributed by atoms with E-state index in [0.29, 0.717) is 19.4 Å². The van der Waals surface area contributed by atoms with Gasteiger partial charge in [-0.05, 0) is 19.8 Å². The fourth-order valence-corrected chi connectivity index (χ4v) is 2.85. The summed E-state index contributed by atoms with van der Waals surface area (Å²) in [4.78, 5) is 48.6. The van der Waals surface area contributed by atoms with Crippen LogP contribution in [0.4, 0.5) is 4.79 Å². The summed E-state index contributed by atoms with van der Waals surface area (Å²) in [6.07, 6.45) is 2.61. The van der Waals surface area contributed by atoms with Crippen molar-refractivity contribution in [1.29, 1.82) is 0 Å². The molecule has 0 radical (unpaired) electrons. The van der Waals surface area contributed by atoms with Crippen LogP contribution in [0.1, 0.15) is 39.0 Å². The second-order valence-electron chi connectivity index (χ2n) is 5.21. The van der Waals surface area contributed by atoms with Gasteiger partial charge in [0.15, 0.2) is 0 Å². The number of nitrogens with zero attached hydrogens (tertiary/aromatic N) is 1. The first kappa shape index (κ1) is 14.5. The molecule has 110 valence electrons. The maximum absolute atomic E-state index is 12.5. The average Bonchev–Trinajstić information content (AvgIpc) is 2.87. The molecule has 7 heteroatoms. The highest BCUT2D eigenvalue weighted by Gasteiger charge is 2.54. The van der Waals surface area contributed by atoms with Crippen LogP contribution in [0.15, 0.2) is 0 Å². The van der Waals surface area contributed by atoms with Gasteiger partial charge in [0, 0.05) is 19.5 Å². The molecule has 0 aromatic heterocycles. The summed E-state index contributed by atoms with van der Waals surface area (Å²) in [6, 6.07) is -0.721. The fourth-order valence-electron chi connectivity index (χ4n) is 2.85. The first-order valence-electron chi connectivity index (χ1n) is 6.95. The molecule has 1 aliphatic carbocycles. The summed E-state index contributed by atoms with van der Waals surface area (Å²) in [6.45, 7) is 2.30. The van der Waals surface area contributed by atoms with Crippen molar-refractivity contribution in [2.24, 2.45) is 5.41 Å². The standard InChI is InChI=1S/C13H19N3O4/c1-2-14-9(17)5-8-16-11(19)13(6-3-4-7-13)10(18)15-12(16)20/h2-8H2,1H3,(H,14,17)(H,15,18,20). The largest absolute Gasteiger partial charge is 0.356 e. The molecular formula is C13H19N3O4. The van der Waals surface area contributed by atoms with Crippen LogP contribution >= 0.6 is 0 Å².